The third-order valence-corrected chi connectivity index (χ3v) is 0.495. The maximum absolute atomic E-state index is 11.5. The van der Waals surface area contributed by atoms with Crippen molar-refractivity contribution in [2.45, 2.75) is 5.13 Å². The zero-order valence-electron chi connectivity index (χ0n) is 3.25. The summed E-state index contributed by atoms with van der Waals surface area (Å²) in [6, 6.07) is 0. The number of hydrogen-bond donors (Lipinski definition) is 0. The van der Waals surface area contributed by atoms with Gasteiger partial charge in [-0.15, -0.1) is 0 Å². The van der Waals surface area contributed by atoms with Crippen LogP contribution in [0.1, 0.15) is 0 Å². The number of carbonyl (C=O) groups excluding carboxylic acids is 1. The van der Waals surface area contributed by atoms with Gasteiger partial charge in [-0.2, -0.15) is 0 Å². The van der Waals surface area contributed by atoms with Gasteiger partial charge in [-0.3, -0.25) is 4.79 Å². The molecule has 0 saturated heterocycles. The fourth-order valence-corrected chi connectivity index (χ4v) is 0.0273. The molecular formula is C3H2ClF2O. The van der Waals surface area contributed by atoms with Crippen molar-refractivity contribution in [3.8, 4) is 0 Å². The second kappa shape index (κ2) is 2.21. The maximum atomic E-state index is 11.5. The van der Waals surface area contributed by atoms with Gasteiger partial charge in [0.05, 0.1) is 0 Å². The van der Waals surface area contributed by atoms with E-state index in [1.165, 1.54) is 0 Å². The molecule has 0 saturated carbocycles. The van der Waals surface area contributed by atoms with Crippen LogP contribution in [-0.2, 0) is 4.79 Å². The van der Waals surface area contributed by atoms with Crippen molar-refractivity contribution in [3.05, 3.63) is 0 Å². The molecule has 4 heteroatoms. The van der Waals surface area contributed by atoms with E-state index in [1.807, 2.05) is 0 Å². The van der Waals surface area contributed by atoms with Gasteiger partial charge in [0, 0.05) is 0 Å². The highest BCUT2D eigenvalue weighted by Gasteiger charge is 2.26. The molecule has 0 aliphatic rings. The second-order valence-electron chi connectivity index (χ2n) is 0.940. The van der Waals surface area contributed by atoms with Crippen LogP contribution in [0.4, 0.5) is 8.78 Å². The smallest absolute Gasteiger partial charge is 0.277 e. The Morgan fingerprint density at radius 2 is 2.29 bits per heavy atom. The second-order valence-corrected chi connectivity index (χ2v) is 1.54. The summed E-state index contributed by atoms with van der Waals surface area (Å²) >= 11 is 4.44. The van der Waals surface area contributed by atoms with Gasteiger partial charge in [0.15, 0.2) is 0 Å². The van der Waals surface area contributed by atoms with Gasteiger partial charge in [-0.25, -0.2) is 8.78 Å². The van der Waals surface area contributed by atoms with Crippen molar-refractivity contribution in [1.29, 1.82) is 0 Å². The molecule has 1 unspecified atom stereocenters. The SMILES string of the molecule is O=[C]C(F)(Cl)CF. The van der Waals surface area contributed by atoms with E-state index in [0.29, 0.717) is 6.29 Å². The summed E-state index contributed by atoms with van der Waals surface area (Å²) in [4.78, 5) is 9.19. The van der Waals surface area contributed by atoms with Crippen LogP contribution < -0.4 is 0 Å². The Morgan fingerprint density at radius 3 is 2.29 bits per heavy atom. The molecule has 0 rings (SSSR count). The van der Waals surface area contributed by atoms with E-state index in [0.717, 1.165) is 0 Å². The van der Waals surface area contributed by atoms with Crippen molar-refractivity contribution in [3.63, 3.8) is 0 Å². The highest BCUT2D eigenvalue weighted by Crippen LogP contribution is 2.12. The van der Waals surface area contributed by atoms with Gasteiger partial charge in [-0.1, -0.05) is 11.6 Å². The molecule has 1 atom stereocenters. The number of hydrogen-bond acceptors (Lipinski definition) is 1. The molecule has 0 aromatic rings. The Hall–Kier alpha value is -0.180. The van der Waals surface area contributed by atoms with Crippen molar-refractivity contribution in [2.75, 3.05) is 6.67 Å². The Kier molecular flexibility index (Phi) is 2.15. The number of halogens is 3. The first-order valence-corrected chi connectivity index (χ1v) is 1.83. The monoisotopic (exact) mass is 127 g/mol. The van der Waals surface area contributed by atoms with Gasteiger partial charge in [-0.05, 0) is 0 Å². The van der Waals surface area contributed by atoms with Gasteiger partial charge >= 0.3 is 0 Å². The predicted molar refractivity (Wildman–Crippen MR) is 21.4 cm³/mol. The van der Waals surface area contributed by atoms with E-state index in [-0.39, 0.29) is 0 Å². The lowest BCUT2D eigenvalue weighted by atomic mass is 10.5. The summed E-state index contributed by atoms with van der Waals surface area (Å²) in [5.41, 5.74) is 0. The van der Waals surface area contributed by atoms with Crippen LogP contribution in [0.15, 0.2) is 0 Å². The van der Waals surface area contributed by atoms with Gasteiger partial charge < -0.3 is 0 Å². The normalized spacial score (nSPS) is 18.1. The van der Waals surface area contributed by atoms with Crippen molar-refractivity contribution >= 4 is 17.9 Å². The molecule has 0 aliphatic carbocycles. The number of rotatable bonds is 2. The Morgan fingerprint density at radius 1 is 1.86 bits per heavy atom. The van der Waals surface area contributed by atoms with E-state index in [1.54, 1.807) is 0 Å². The lowest BCUT2D eigenvalue weighted by Gasteiger charge is -1.98. The summed E-state index contributed by atoms with van der Waals surface area (Å²) in [6.07, 6.45) is 0.665. The third kappa shape index (κ3) is 2.51. The fourth-order valence-electron chi connectivity index (χ4n) is 0.0273. The molecule has 0 aliphatic heterocycles. The van der Waals surface area contributed by atoms with Crippen LogP contribution >= 0.6 is 11.6 Å². The zero-order chi connectivity index (χ0) is 5.91. The summed E-state index contributed by atoms with van der Waals surface area (Å²) in [5.74, 6) is 0. The Labute approximate surface area is 44.3 Å². The first kappa shape index (κ1) is 6.82. The van der Waals surface area contributed by atoms with Gasteiger partial charge in [0.1, 0.15) is 6.67 Å². The molecule has 0 aromatic heterocycles. The van der Waals surface area contributed by atoms with E-state index in [2.05, 4.69) is 11.6 Å². The molecule has 0 aromatic carbocycles. The highest BCUT2D eigenvalue weighted by molar-refractivity contribution is 6.30. The topological polar surface area (TPSA) is 17.1 Å². The van der Waals surface area contributed by atoms with Crippen LogP contribution in [0.5, 0.6) is 0 Å². The molecule has 0 fully saturated rings. The first-order chi connectivity index (χ1) is 3.12. The number of alkyl halides is 3. The fraction of sp³-hybridized carbons (Fsp3) is 0.667. The molecule has 0 heterocycles. The largest absolute Gasteiger partial charge is 0.285 e. The van der Waals surface area contributed by atoms with E-state index in [9.17, 15) is 13.6 Å². The third-order valence-electron chi connectivity index (χ3n) is 0.317. The Bertz CT molecular complexity index is 73.3. The van der Waals surface area contributed by atoms with Crippen LogP contribution in [0.3, 0.4) is 0 Å². The van der Waals surface area contributed by atoms with Crippen molar-refractivity contribution < 1.29 is 13.6 Å². The molecule has 0 N–H and O–H groups in total. The maximum Gasteiger partial charge on any atom is 0.277 e. The standard InChI is InChI=1S/C3H2ClF2O/c4-3(6,1-5)2-7/h1H2. The van der Waals surface area contributed by atoms with E-state index < -0.39 is 11.8 Å². The molecule has 0 amide bonds. The molecule has 1 nitrogen and oxygen atoms in total. The summed E-state index contributed by atoms with van der Waals surface area (Å²) < 4.78 is 22.5. The quantitative estimate of drug-likeness (QED) is 0.505. The van der Waals surface area contributed by atoms with Gasteiger partial charge in [0.25, 0.3) is 11.4 Å². The molecule has 0 spiro atoms. The minimum atomic E-state index is -2.92. The average molecular weight is 127 g/mol. The lowest BCUT2D eigenvalue weighted by Crippen LogP contribution is -2.17. The molecule has 0 bridgehead atoms. The average Bonchev–Trinajstić information content (AvgIpc) is 1.68. The summed E-state index contributed by atoms with van der Waals surface area (Å²) in [5, 5.41) is -2.92. The molecule has 1 radical (unpaired) electrons. The molecular weight excluding hydrogens is 125 g/mol. The van der Waals surface area contributed by atoms with E-state index in [4.69, 9.17) is 0 Å². The van der Waals surface area contributed by atoms with Crippen LogP contribution in [0.2, 0.25) is 0 Å². The minimum absolute atomic E-state index is 0.665. The first-order valence-electron chi connectivity index (χ1n) is 1.45. The Balaban J connectivity index is 3.58. The molecule has 41 valence electrons. The minimum Gasteiger partial charge on any atom is -0.285 e. The van der Waals surface area contributed by atoms with Crippen molar-refractivity contribution in [1.82, 2.24) is 0 Å². The van der Waals surface area contributed by atoms with Crippen molar-refractivity contribution in [2.24, 2.45) is 0 Å². The zero-order valence-corrected chi connectivity index (χ0v) is 4.01. The van der Waals surface area contributed by atoms with Gasteiger partial charge in [0.2, 0.25) is 0 Å². The highest BCUT2D eigenvalue weighted by atomic mass is 35.5. The van der Waals surface area contributed by atoms with E-state index >= 15 is 0 Å². The predicted octanol–water partition coefficient (Wildman–Crippen LogP) is 0.970. The van der Waals surface area contributed by atoms with Crippen LogP contribution in [-0.4, -0.2) is 18.1 Å². The van der Waals surface area contributed by atoms with Crippen LogP contribution in [0, 0.1) is 0 Å². The van der Waals surface area contributed by atoms with Crippen LogP contribution in [0.25, 0.3) is 0 Å². The summed E-state index contributed by atoms with van der Waals surface area (Å²) in [6.45, 7) is -1.53. The summed E-state index contributed by atoms with van der Waals surface area (Å²) in [7, 11) is 0. The molecule has 7 heavy (non-hydrogen) atoms. The lowest BCUT2D eigenvalue weighted by molar-refractivity contribution is 0.278.